The van der Waals surface area contributed by atoms with Crippen LogP contribution in [0.2, 0.25) is 0 Å². The van der Waals surface area contributed by atoms with Gasteiger partial charge in [0, 0.05) is 31.3 Å². The molecule has 0 N–H and O–H groups in total. The molecule has 0 amide bonds. The molecule has 4 heteroatoms. The Hall–Kier alpha value is -1.73. The van der Waals surface area contributed by atoms with Crippen LogP contribution in [0.25, 0.3) is 5.70 Å². The number of rotatable bonds is 2. The number of likely N-dealkylation sites (tertiary alicyclic amines) is 1. The molecule has 0 bridgehead atoms. The minimum absolute atomic E-state index is 0.0559. The molecule has 0 aromatic carbocycles. The van der Waals surface area contributed by atoms with Gasteiger partial charge in [0.1, 0.15) is 0 Å². The van der Waals surface area contributed by atoms with Crippen molar-refractivity contribution < 1.29 is 4.79 Å². The van der Waals surface area contributed by atoms with Gasteiger partial charge >= 0.3 is 0 Å². The van der Waals surface area contributed by atoms with Gasteiger partial charge in [-0.15, -0.1) is 18.2 Å². The van der Waals surface area contributed by atoms with Crippen LogP contribution < -0.4 is 0 Å². The number of allylic oxidation sites excluding steroid dienone is 1. The topological polar surface area (TPSA) is 33.2 Å². The number of carbonyl (C=O) groups is 1. The molecule has 1 saturated heterocycles. The number of aromatic nitrogens is 1. The van der Waals surface area contributed by atoms with Gasteiger partial charge in [-0.3, -0.25) is 4.79 Å². The van der Waals surface area contributed by atoms with Crippen LogP contribution in [-0.4, -0.2) is 35.0 Å². The standard InChI is InChI=1S/C19H20N2OS/c1-3-14-16(22)10-13-12-20-17(23-2)11-15(13)18(14)21-8-6-19(4-5-19)7-9-21/h1,11-12H,4-10H2,2H3. The van der Waals surface area contributed by atoms with Crippen LogP contribution in [0.3, 0.4) is 0 Å². The summed E-state index contributed by atoms with van der Waals surface area (Å²) in [5, 5.41) is 0.975. The Bertz CT molecular complexity index is 745. The molecule has 2 fully saturated rings. The van der Waals surface area contributed by atoms with E-state index in [0.29, 0.717) is 17.4 Å². The van der Waals surface area contributed by atoms with Gasteiger partial charge in [0.05, 0.1) is 16.3 Å². The zero-order valence-electron chi connectivity index (χ0n) is 13.4. The summed E-state index contributed by atoms with van der Waals surface area (Å²) < 4.78 is 0. The fourth-order valence-electron chi connectivity index (χ4n) is 3.82. The van der Waals surface area contributed by atoms with E-state index < -0.39 is 0 Å². The number of Topliss-reactive ketones (excluding diaryl/α,β-unsaturated/α-hetero) is 1. The molecule has 0 radical (unpaired) electrons. The maximum Gasteiger partial charge on any atom is 0.177 e. The molecule has 1 aliphatic heterocycles. The Morgan fingerprint density at radius 2 is 2.04 bits per heavy atom. The lowest BCUT2D eigenvalue weighted by Crippen LogP contribution is -2.36. The number of pyridine rings is 1. The molecule has 23 heavy (non-hydrogen) atoms. The highest BCUT2D eigenvalue weighted by Crippen LogP contribution is 2.54. The van der Waals surface area contributed by atoms with Crippen molar-refractivity contribution in [2.45, 2.75) is 37.1 Å². The molecule has 4 rings (SSSR count). The predicted molar refractivity (Wildman–Crippen MR) is 93.0 cm³/mol. The van der Waals surface area contributed by atoms with Gasteiger partial charge in [0.15, 0.2) is 5.78 Å². The first-order chi connectivity index (χ1) is 11.2. The molecule has 1 spiro atoms. The van der Waals surface area contributed by atoms with Crippen LogP contribution in [0.4, 0.5) is 0 Å². The van der Waals surface area contributed by atoms with Crippen molar-refractivity contribution in [2.24, 2.45) is 5.41 Å². The summed E-state index contributed by atoms with van der Waals surface area (Å²) in [6.45, 7) is 2.01. The van der Waals surface area contributed by atoms with Crippen LogP contribution in [0.15, 0.2) is 22.9 Å². The summed E-state index contributed by atoms with van der Waals surface area (Å²) in [5.74, 6) is 2.73. The smallest absolute Gasteiger partial charge is 0.177 e. The van der Waals surface area contributed by atoms with Crippen molar-refractivity contribution in [3.05, 3.63) is 29.0 Å². The Morgan fingerprint density at radius 1 is 1.30 bits per heavy atom. The van der Waals surface area contributed by atoms with Crippen molar-refractivity contribution in [3.63, 3.8) is 0 Å². The summed E-state index contributed by atoms with van der Waals surface area (Å²) in [6.07, 6.45) is 15.1. The molecule has 2 heterocycles. The Morgan fingerprint density at radius 3 is 2.65 bits per heavy atom. The first-order valence-corrected chi connectivity index (χ1v) is 9.41. The highest BCUT2D eigenvalue weighted by Gasteiger charge is 2.45. The largest absolute Gasteiger partial charge is 0.370 e. The number of ketones is 1. The van der Waals surface area contributed by atoms with E-state index in [9.17, 15) is 4.79 Å². The number of fused-ring (bicyclic) bond motifs is 1. The van der Waals surface area contributed by atoms with Crippen molar-refractivity contribution in [1.29, 1.82) is 0 Å². The SMILES string of the molecule is C#CC1=C(N2CCC3(CC2)CC3)c2cc(SC)ncc2CC1=O. The molecule has 3 nitrogen and oxygen atoms in total. The second kappa shape index (κ2) is 5.42. The lowest BCUT2D eigenvalue weighted by atomic mass is 9.86. The quantitative estimate of drug-likeness (QED) is 0.618. The minimum atomic E-state index is 0.0559. The molecule has 0 atom stereocenters. The number of hydrogen-bond acceptors (Lipinski definition) is 4. The number of carbonyl (C=O) groups excluding carboxylic acids is 1. The number of thioether (sulfide) groups is 1. The first kappa shape index (κ1) is 14.8. The molecule has 2 aliphatic carbocycles. The average molecular weight is 324 g/mol. The highest BCUT2D eigenvalue weighted by molar-refractivity contribution is 7.98. The molecular weight excluding hydrogens is 304 g/mol. The Kier molecular flexibility index (Phi) is 3.50. The lowest BCUT2D eigenvalue weighted by molar-refractivity contribution is -0.114. The fourth-order valence-corrected chi connectivity index (χ4v) is 4.22. The van der Waals surface area contributed by atoms with Gasteiger partial charge in [-0.25, -0.2) is 4.98 Å². The molecule has 0 unspecified atom stereocenters. The maximum atomic E-state index is 12.5. The van der Waals surface area contributed by atoms with E-state index in [-0.39, 0.29) is 5.78 Å². The number of nitrogens with zero attached hydrogens (tertiary/aromatic N) is 2. The second-order valence-electron chi connectivity index (χ2n) is 6.84. The second-order valence-corrected chi connectivity index (χ2v) is 7.67. The predicted octanol–water partition coefficient (Wildman–Crippen LogP) is 3.15. The van der Waals surface area contributed by atoms with Gasteiger partial charge < -0.3 is 4.90 Å². The van der Waals surface area contributed by atoms with Crippen LogP contribution >= 0.6 is 11.8 Å². The first-order valence-electron chi connectivity index (χ1n) is 8.18. The van der Waals surface area contributed by atoms with Gasteiger partial charge in [-0.1, -0.05) is 5.92 Å². The molecule has 1 aromatic heterocycles. The van der Waals surface area contributed by atoms with E-state index in [0.717, 1.165) is 34.9 Å². The Labute approximate surface area is 141 Å². The third-order valence-electron chi connectivity index (χ3n) is 5.53. The number of hydrogen-bond donors (Lipinski definition) is 0. The van der Waals surface area contributed by atoms with E-state index in [1.54, 1.807) is 11.8 Å². The van der Waals surface area contributed by atoms with Crippen molar-refractivity contribution >= 4 is 23.2 Å². The van der Waals surface area contributed by atoms with E-state index in [1.165, 1.54) is 25.7 Å². The zero-order chi connectivity index (χ0) is 16.0. The van der Waals surface area contributed by atoms with Gasteiger partial charge in [-0.2, -0.15) is 0 Å². The monoisotopic (exact) mass is 324 g/mol. The van der Waals surface area contributed by atoms with Crippen molar-refractivity contribution in [1.82, 2.24) is 9.88 Å². The minimum Gasteiger partial charge on any atom is -0.370 e. The van der Waals surface area contributed by atoms with Crippen LogP contribution in [0.1, 0.15) is 36.8 Å². The van der Waals surface area contributed by atoms with Crippen LogP contribution in [-0.2, 0) is 11.2 Å². The molecule has 3 aliphatic rings. The molecular formula is C19H20N2OS. The third kappa shape index (κ3) is 2.48. The third-order valence-corrected chi connectivity index (χ3v) is 6.18. The summed E-state index contributed by atoms with van der Waals surface area (Å²) in [5.41, 5.74) is 4.27. The van der Waals surface area contributed by atoms with E-state index in [2.05, 4.69) is 21.9 Å². The summed E-state index contributed by atoms with van der Waals surface area (Å²) in [6, 6.07) is 2.10. The number of terminal acetylenes is 1. The van der Waals surface area contributed by atoms with Crippen molar-refractivity contribution in [3.8, 4) is 12.3 Å². The fraction of sp³-hybridized carbons (Fsp3) is 0.474. The van der Waals surface area contributed by atoms with E-state index in [1.807, 2.05) is 12.5 Å². The van der Waals surface area contributed by atoms with E-state index >= 15 is 0 Å². The molecule has 1 saturated carbocycles. The van der Waals surface area contributed by atoms with Crippen LogP contribution in [0, 0.1) is 17.8 Å². The normalized spacial score (nSPS) is 22.1. The Balaban J connectivity index is 1.77. The summed E-state index contributed by atoms with van der Waals surface area (Å²) >= 11 is 1.62. The van der Waals surface area contributed by atoms with Gasteiger partial charge in [-0.05, 0) is 49.0 Å². The summed E-state index contributed by atoms with van der Waals surface area (Å²) in [4.78, 5) is 19.2. The maximum absolute atomic E-state index is 12.5. The zero-order valence-corrected chi connectivity index (χ0v) is 14.2. The van der Waals surface area contributed by atoms with Gasteiger partial charge in [0.25, 0.3) is 0 Å². The molecule has 118 valence electrons. The van der Waals surface area contributed by atoms with Gasteiger partial charge in [0.2, 0.25) is 0 Å². The van der Waals surface area contributed by atoms with E-state index in [4.69, 9.17) is 6.42 Å². The highest BCUT2D eigenvalue weighted by atomic mass is 32.2. The van der Waals surface area contributed by atoms with Crippen molar-refractivity contribution in [2.75, 3.05) is 19.3 Å². The lowest BCUT2D eigenvalue weighted by Gasteiger charge is -2.37. The average Bonchev–Trinajstić information content (AvgIpc) is 3.33. The summed E-state index contributed by atoms with van der Waals surface area (Å²) in [7, 11) is 0. The number of piperidine rings is 1. The molecule has 1 aromatic rings. The van der Waals surface area contributed by atoms with Crippen LogP contribution in [0.5, 0.6) is 0 Å².